The molecule has 0 aliphatic heterocycles. The van der Waals surface area contributed by atoms with Gasteiger partial charge in [0.25, 0.3) is 5.91 Å². The Morgan fingerprint density at radius 3 is 2.72 bits per heavy atom. The summed E-state index contributed by atoms with van der Waals surface area (Å²) < 4.78 is 5.45. The predicted octanol–water partition coefficient (Wildman–Crippen LogP) is 3.23. The van der Waals surface area contributed by atoms with Crippen LogP contribution in [0, 0.1) is 12.3 Å². The third kappa shape index (κ3) is 3.71. The molecule has 3 heterocycles. The summed E-state index contributed by atoms with van der Waals surface area (Å²) in [4.78, 5) is 26.2. The van der Waals surface area contributed by atoms with Crippen molar-refractivity contribution in [1.82, 2.24) is 35.6 Å². The van der Waals surface area contributed by atoms with Crippen LogP contribution in [-0.4, -0.2) is 36.2 Å². The van der Waals surface area contributed by atoms with Crippen molar-refractivity contribution < 1.29 is 9.32 Å². The zero-order valence-corrected chi connectivity index (χ0v) is 16.6. The summed E-state index contributed by atoms with van der Waals surface area (Å²) in [6.45, 7) is 7.84. The van der Waals surface area contributed by atoms with E-state index in [0.717, 1.165) is 16.6 Å². The minimum Gasteiger partial charge on any atom is -0.340 e. The van der Waals surface area contributed by atoms with E-state index in [-0.39, 0.29) is 17.1 Å². The van der Waals surface area contributed by atoms with Crippen LogP contribution in [0.2, 0.25) is 0 Å². The number of rotatable bonds is 4. The van der Waals surface area contributed by atoms with Crippen molar-refractivity contribution in [1.29, 1.82) is 0 Å². The molecule has 0 radical (unpaired) electrons. The van der Waals surface area contributed by atoms with Crippen molar-refractivity contribution in [2.24, 2.45) is 5.41 Å². The van der Waals surface area contributed by atoms with Crippen LogP contribution in [0.3, 0.4) is 0 Å². The second kappa shape index (κ2) is 7.08. The molecule has 29 heavy (non-hydrogen) atoms. The Hall–Kier alpha value is -3.62. The molecular formula is C20H21N7O2. The second-order valence-corrected chi connectivity index (χ2v) is 7.89. The Kier molecular flexibility index (Phi) is 4.57. The largest absolute Gasteiger partial charge is 0.340 e. The lowest BCUT2D eigenvalue weighted by atomic mass is 9.86. The number of fused-ring (bicyclic) bond motifs is 1. The number of hydrogen-bond acceptors (Lipinski definition) is 7. The summed E-state index contributed by atoms with van der Waals surface area (Å²) in [5.41, 5.74) is 1.72. The Bertz CT molecular complexity index is 1160. The monoisotopic (exact) mass is 391 g/mol. The number of carbonyl (C=O) groups excluding carboxylic acids is 1. The van der Waals surface area contributed by atoms with Gasteiger partial charge in [-0.3, -0.25) is 14.9 Å². The van der Waals surface area contributed by atoms with Gasteiger partial charge in [0.1, 0.15) is 12.4 Å². The van der Waals surface area contributed by atoms with Gasteiger partial charge in [-0.15, -0.1) is 0 Å². The standard InChI is InChI=1S/C20H21N7O2/c1-11-9-13(12-7-5-6-8-14(12)23-11)18(28)24-15(20(2,3)4)19-25-17(27-29-19)16-21-10-22-26-16/h5-10,15H,1-4H3,(H,24,28)(H,21,22,26). The molecule has 0 aliphatic rings. The van der Waals surface area contributed by atoms with Gasteiger partial charge >= 0.3 is 0 Å². The fourth-order valence-corrected chi connectivity index (χ4v) is 3.12. The zero-order valence-electron chi connectivity index (χ0n) is 16.6. The SMILES string of the molecule is Cc1cc(C(=O)NC(c2nc(-c3ncn[nH]3)no2)C(C)(C)C)c2ccccc2n1. The Morgan fingerprint density at radius 2 is 2.00 bits per heavy atom. The van der Waals surface area contributed by atoms with Crippen LogP contribution >= 0.6 is 0 Å². The van der Waals surface area contributed by atoms with Crippen molar-refractivity contribution in [3.63, 3.8) is 0 Å². The van der Waals surface area contributed by atoms with Crippen molar-refractivity contribution in [2.45, 2.75) is 33.7 Å². The third-order valence-corrected chi connectivity index (χ3v) is 4.55. The first-order valence-corrected chi connectivity index (χ1v) is 9.19. The minimum absolute atomic E-state index is 0.231. The lowest BCUT2D eigenvalue weighted by Gasteiger charge is -2.28. The average molecular weight is 391 g/mol. The number of para-hydroxylation sites is 1. The first kappa shape index (κ1) is 18.7. The van der Waals surface area contributed by atoms with Crippen LogP contribution in [0.5, 0.6) is 0 Å². The highest BCUT2D eigenvalue weighted by Crippen LogP contribution is 2.33. The van der Waals surface area contributed by atoms with Crippen LogP contribution in [0.25, 0.3) is 22.6 Å². The van der Waals surface area contributed by atoms with Gasteiger partial charge in [-0.2, -0.15) is 10.1 Å². The maximum absolute atomic E-state index is 13.2. The lowest BCUT2D eigenvalue weighted by molar-refractivity contribution is 0.0882. The van der Waals surface area contributed by atoms with Gasteiger partial charge in [-0.05, 0) is 24.5 Å². The maximum Gasteiger partial charge on any atom is 0.252 e. The van der Waals surface area contributed by atoms with E-state index in [4.69, 9.17) is 4.52 Å². The van der Waals surface area contributed by atoms with Gasteiger partial charge < -0.3 is 9.84 Å². The van der Waals surface area contributed by atoms with Gasteiger partial charge in [0.15, 0.2) is 5.82 Å². The highest BCUT2D eigenvalue weighted by atomic mass is 16.5. The normalized spacial score (nSPS) is 12.8. The molecule has 0 aliphatic carbocycles. The van der Waals surface area contributed by atoms with Crippen LogP contribution < -0.4 is 5.32 Å². The second-order valence-electron chi connectivity index (χ2n) is 7.89. The molecular weight excluding hydrogens is 370 g/mol. The number of amides is 1. The fourth-order valence-electron chi connectivity index (χ4n) is 3.12. The summed E-state index contributed by atoms with van der Waals surface area (Å²) in [5, 5.41) is 14.3. The van der Waals surface area contributed by atoms with Crippen LogP contribution in [0.15, 0.2) is 41.2 Å². The zero-order chi connectivity index (χ0) is 20.6. The lowest BCUT2D eigenvalue weighted by Crippen LogP contribution is -2.37. The van der Waals surface area contributed by atoms with Crippen molar-refractivity contribution in [2.75, 3.05) is 0 Å². The van der Waals surface area contributed by atoms with E-state index < -0.39 is 6.04 Å². The van der Waals surface area contributed by atoms with E-state index in [1.54, 1.807) is 6.07 Å². The summed E-state index contributed by atoms with van der Waals surface area (Å²) in [6, 6.07) is 8.84. The fraction of sp³-hybridized carbons (Fsp3) is 0.300. The van der Waals surface area contributed by atoms with Crippen LogP contribution in [0.1, 0.15) is 48.8 Å². The van der Waals surface area contributed by atoms with E-state index in [9.17, 15) is 4.79 Å². The number of aromatic amines is 1. The van der Waals surface area contributed by atoms with Crippen LogP contribution in [-0.2, 0) is 0 Å². The van der Waals surface area contributed by atoms with Gasteiger partial charge in [0, 0.05) is 11.1 Å². The first-order chi connectivity index (χ1) is 13.8. The molecule has 0 bridgehead atoms. The number of aryl methyl sites for hydroxylation is 1. The summed E-state index contributed by atoms with van der Waals surface area (Å²) >= 11 is 0. The van der Waals surface area contributed by atoms with E-state index in [2.05, 4.69) is 35.6 Å². The van der Waals surface area contributed by atoms with E-state index >= 15 is 0 Å². The molecule has 0 saturated carbocycles. The summed E-state index contributed by atoms with van der Waals surface area (Å²) in [6.07, 6.45) is 1.37. The number of benzene rings is 1. The molecule has 4 aromatic rings. The molecule has 9 heteroatoms. The number of pyridine rings is 1. The van der Waals surface area contributed by atoms with Crippen LogP contribution in [0.4, 0.5) is 0 Å². The highest BCUT2D eigenvalue weighted by molar-refractivity contribution is 6.06. The molecule has 1 atom stereocenters. The number of aromatic nitrogens is 6. The smallest absolute Gasteiger partial charge is 0.252 e. The number of nitrogens with one attached hydrogen (secondary N) is 2. The van der Waals surface area contributed by atoms with E-state index in [1.165, 1.54) is 6.33 Å². The third-order valence-electron chi connectivity index (χ3n) is 4.55. The molecule has 0 fully saturated rings. The topological polar surface area (TPSA) is 122 Å². The number of H-pyrrole nitrogens is 1. The number of carbonyl (C=O) groups is 1. The molecule has 3 aromatic heterocycles. The first-order valence-electron chi connectivity index (χ1n) is 9.19. The number of nitrogens with zero attached hydrogens (tertiary/aromatic N) is 5. The molecule has 2 N–H and O–H groups in total. The molecule has 1 unspecified atom stereocenters. The van der Waals surface area contributed by atoms with Crippen molar-refractivity contribution >= 4 is 16.8 Å². The number of hydrogen-bond donors (Lipinski definition) is 2. The van der Waals surface area contributed by atoms with Gasteiger partial charge in [-0.1, -0.05) is 44.1 Å². The quantitative estimate of drug-likeness (QED) is 0.547. The summed E-state index contributed by atoms with van der Waals surface area (Å²) in [7, 11) is 0. The van der Waals surface area contributed by atoms with Gasteiger partial charge in [0.05, 0.1) is 11.1 Å². The van der Waals surface area contributed by atoms with E-state index in [1.807, 2.05) is 52.0 Å². The summed E-state index contributed by atoms with van der Waals surface area (Å²) in [5.74, 6) is 0.749. The molecule has 4 rings (SSSR count). The average Bonchev–Trinajstić information content (AvgIpc) is 3.35. The Labute approximate surface area is 167 Å². The highest BCUT2D eigenvalue weighted by Gasteiger charge is 2.33. The molecule has 0 saturated heterocycles. The molecule has 1 amide bonds. The van der Waals surface area contributed by atoms with Gasteiger partial charge in [-0.25, -0.2) is 4.98 Å². The van der Waals surface area contributed by atoms with Gasteiger partial charge in [0.2, 0.25) is 11.7 Å². The van der Waals surface area contributed by atoms with Crippen molar-refractivity contribution in [3.8, 4) is 11.6 Å². The maximum atomic E-state index is 13.2. The molecule has 148 valence electrons. The Balaban J connectivity index is 1.69. The molecule has 9 nitrogen and oxygen atoms in total. The predicted molar refractivity (Wildman–Crippen MR) is 106 cm³/mol. The van der Waals surface area contributed by atoms with Crippen molar-refractivity contribution in [3.05, 3.63) is 53.8 Å². The Morgan fingerprint density at radius 1 is 1.21 bits per heavy atom. The molecule has 1 aromatic carbocycles. The van der Waals surface area contributed by atoms with E-state index in [0.29, 0.717) is 17.3 Å². The minimum atomic E-state index is -0.508. The molecule has 0 spiro atoms.